The Morgan fingerprint density at radius 2 is 1.82 bits per heavy atom. The van der Waals surface area contributed by atoms with E-state index in [4.69, 9.17) is 11.6 Å². The molecule has 0 aliphatic carbocycles. The molecule has 10 N–H and O–H groups in total. The predicted octanol–water partition coefficient (Wildman–Crippen LogP) is 0.738. The maximum atomic E-state index is 12.8. The third kappa shape index (κ3) is 7.48. The van der Waals surface area contributed by atoms with Crippen LogP contribution in [0.1, 0.15) is 61.5 Å². The van der Waals surface area contributed by atoms with E-state index in [-0.39, 0.29) is 35.6 Å². The molecular formula is C25H33N9O6. The number of carboxylic acid groups (broad SMARTS) is 2. The Morgan fingerprint density at radius 3 is 2.45 bits per heavy atom. The van der Waals surface area contributed by atoms with Gasteiger partial charge in [0.25, 0.3) is 11.5 Å². The zero-order valence-electron chi connectivity index (χ0n) is 21.9. The van der Waals surface area contributed by atoms with E-state index in [0.29, 0.717) is 17.8 Å². The zero-order valence-corrected chi connectivity index (χ0v) is 21.9. The minimum absolute atomic E-state index is 0.0474. The first kappa shape index (κ1) is 29.9. The average Bonchev–Trinajstić information content (AvgIpc) is 2.93. The SMILES string of the molecule is CCCCCCC(CC(NC(=O)c1ccc(NCc2cnc3nc(N)[nH]c(=O)c3n2)cc1)C(=O)O)(NN)C(=O)O. The van der Waals surface area contributed by atoms with Crippen LogP contribution in [0.5, 0.6) is 0 Å². The second kappa shape index (κ2) is 13.4. The molecule has 3 aromatic rings. The number of nitrogen functional groups attached to an aromatic ring is 1. The topological polar surface area (TPSA) is 251 Å². The lowest BCUT2D eigenvalue weighted by molar-refractivity contribution is -0.147. The van der Waals surface area contributed by atoms with Crippen molar-refractivity contribution in [3.05, 3.63) is 52.1 Å². The van der Waals surface area contributed by atoms with Crippen molar-refractivity contribution in [3.8, 4) is 0 Å². The fourth-order valence-electron chi connectivity index (χ4n) is 4.12. The van der Waals surface area contributed by atoms with Crippen molar-refractivity contribution in [1.82, 2.24) is 30.7 Å². The number of aromatic amines is 1. The summed E-state index contributed by atoms with van der Waals surface area (Å²) in [5, 5.41) is 25.0. The minimum atomic E-state index is -1.71. The quantitative estimate of drug-likeness (QED) is 0.0732. The number of nitrogens with zero attached hydrogens (tertiary/aromatic N) is 3. The second-order valence-electron chi connectivity index (χ2n) is 9.33. The smallest absolute Gasteiger partial charge is 0.326 e. The summed E-state index contributed by atoms with van der Waals surface area (Å²) in [7, 11) is 0. The molecule has 15 nitrogen and oxygen atoms in total. The molecule has 214 valence electrons. The molecule has 0 spiro atoms. The van der Waals surface area contributed by atoms with Crippen LogP contribution in [-0.4, -0.2) is 59.6 Å². The van der Waals surface area contributed by atoms with Gasteiger partial charge in [-0.2, -0.15) is 4.98 Å². The number of anilines is 2. The number of carboxylic acids is 2. The number of rotatable bonds is 15. The molecule has 2 aromatic heterocycles. The molecule has 0 saturated heterocycles. The number of nitrogens with one attached hydrogen (secondary N) is 4. The van der Waals surface area contributed by atoms with E-state index in [9.17, 15) is 29.4 Å². The summed E-state index contributed by atoms with van der Waals surface area (Å²) < 4.78 is 0. The van der Waals surface area contributed by atoms with Gasteiger partial charge in [0.15, 0.2) is 11.2 Å². The summed E-state index contributed by atoms with van der Waals surface area (Å²) in [6.07, 6.45) is 4.29. The van der Waals surface area contributed by atoms with Gasteiger partial charge in [0.1, 0.15) is 11.6 Å². The summed E-state index contributed by atoms with van der Waals surface area (Å²) >= 11 is 0. The van der Waals surface area contributed by atoms with E-state index in [2.05, 4.69) is 36.0 Å². The molecule has 0 bridgehead atoms. The van der Waals surface area contributed by atoms with Crippen LogP contribution in [0.4, 0.5) is 11.6 Å². The molecule has 1 aromatic carbocycles. The molecule has 0 fully saturated rings. The molecule has 1 amide bonds. The van der Waals surface area contributed by atoms with E-state index < -0.39 is 41.4 Å². The first-order chi connectivity index (χ1) is 19.1. The second-order valence-corrected chi connectivity index (χ2v) is 9.33. The van der Waals surface area contributed by atoms with Crippen molar-refractivity contribution in [3.63, 3.8) is 0 Å². The third-order valence-corrected chi connectivity index (χ3v) is 6.41. The van der Waals surface area contributed by atoms with Crippen molar-refractivity contribution >= 4 is 40.6 Å². The largest absolute Gasteiger partial charge is 0.480 e. The summed E-state index contributed by atoms with van der Waals surface area (Å²) in [5.74, 6) is 2.15. The van der Waals surface area contributed by atoms with E-state index in [1.54, 1.807) is 12.1 Å². The summed E-state index contributed by atoms with van der Waals surface area (Å²) in [5.41, 5.74) is 6.98. The number of hydrogen-bond donors (Lipinski definition) is 8. The van der Waals surface area contributed by atoms with Crippen LogP contribution < -0.4 is 33.2 Å². The van der Waals surface area contributed by atoms with E-state index in [1.807, 2.05) is 6.92 Å². The van der Waals surface area contributed by atoms with Gasteiger partial charge in [0, 0.05) is 17.7 Å². The molecule has 0 saturated carbocycles. The number of aromatic nitrogens is 4. The number of carbonyl (C=O) groups excluding carboxylic acids is 1. The van der Waals surface area contributed by atoms with Crippen molar-refractivity contribution in [2.24, 2.45) is 5.84 Å². The molecule has 2 atom stereocenters. The van der Waals surface area contributed by atoms with Crippen molar-refractivity contribution in [1.29, 1.82) is 0 Å². The normalized spacial score (nSPS) is 13.3. The maximum absolute atomic E-state index is 12.8. The predicted molar refractivity (Wildman–Crippen MR) is 146 cm³/mol. The molecular weight excluding hydrogens is 522 g/mol. The lowest BCUT2D eigenvalue weighted by Gasteiger charge is -2.31. The maximum Gasteiger partial charge on any atom is 0.326 e. The number of unbranched alkanes of at least 4 members (excludes halogenated alkanes) is 3. The lowest BCUT2D eigenvalue weighted by Crippen LogP contribution is -2.60. The van der Waals surface area contributed by atoms with Crippen LogP contribution in [0.15, 0.2) is 35.3 Å². The van der Waals surface area contributed by atoms with Crippen molar-refractivity contribution in [2.45, 2.75) is 63.6 Å². The van der Waals surface area contributed by atoms with Crippen LogP contribution in [0.3, 0.4) is 0 Å². The van der Waals surface area contributed by atoms with Gasteiger partial charge in [0.2, 0.25) is 5.95 Å². The van der Waals surface area contributed by atoms with Gasteiger partial charge in [-0.3, -0.25) is 25.2 Å². The Morgan fingerprint density at radius 1 is 1.10 bits per heavy atom. The number of benzene rings is 1. The number of carbonyl (C=O) groups is 3. The van der Waals surface area contributed by atoms with Gasteiger partial charge < -0.3 is 26.6 Å². The first-order valence-electron chi connectivity index (χ1n) is 12.7. The summed E-state index contributed by atoms with van der Waals surface area (Å²) in [6, 6.07) is 4.67. The highest BCUT2D eigenvalue weighted by Crippen LogP contribution is 2.22. The van der Waals surface area contributed by atoms with Gasteiger partial charge in [-0.15, -0.1) is 0 Å². The molecule has 2 unspecified atom stereocenters. The van der Waals surface area contributed by atoms with Gasteiger partial charge in [-0.25, -0.2) is 20.2 Å². The van der Waals surface area contributed by atoms with E-state index in [0.717, 1.165) is 19.3 Å². The molecule has 40 heavy (non-hydrogen) atoms. The van der Waals surface area contributed by atoms with Crippen LogP contribution in [-0.2, 0) is 16.1 Å². The Labute approximate surface area is 228 Å². The van der Waals surface area contributed by atoms with E-state index >= 15 is 0 Å². The van der Waals surface area contributed by atoms with Crippen molar-refractivity contribution < 1.29 is 24.6 Å². The van der Waals surface area contributed by atoms with Gasteiger partial charge in [-0.05, 0) is 30.7 Å². The summed E-state index contributed by atoms with van der Waals surface area (Å²) in [4.78, 5) is 63.4. The van der Waals surface area contributed by atoms with Crippen LogP contribution in [0.25, 0.3) is 11.2 Å². The molecule has 3 rings (SSSR count). The van der Waals surface area contributed by atoms with Crippen LogP contribution in [0, 0.1) is 0 Å². The number of amides is 1. The third-order valence-electron chi connectivity index (χ3n) is 6.41. The highest BCUT2D eigenvalue weighted by atomic mass is 16.4. The molecule has 2 heterocycles. The van der Waals surface area contributed by atoms with Gasteiger partial charge >= 0.3 is 11.9 Å². The first-order valence-corrected chi connectivity index (χ1v) is 12.7. The summed E-state index contributed by atoms with van der Waals surface area (Å²) in [6.45, 7) is 2.23. The highest BCUT2D eigenvalue weighted by molar-refractivity contribution is 5.97. The molecule has 0 aliphatic rings. The Bertz CT molecular complexity index is 1410. The Kier molecular flexibility index (Phi) is 10.1. The molecule has 0 aliphatic heterocycles. The standard InChI is InChI=1S/C25H33N9O6/c1-2-3-4-5-10-25(34-27,23(39)40)11-17(22(37)38)31-20(35)14-6-8-15(9-7-14)28-12-16-13-29-19-18(30-16)21(36)33-24(26)32-19/h6-9,13,17,28,34H,2-5,10-12,27H2,1H3,(H,31,35)(H,37,38)(H,39,40)(H3,26,29,32,33,36). The fraction of sp³-hybridized carbons (Fsp3) is 0.400. The van der Waals surface area contributed by atoms with Gasteiger partial charge in [0.05, 0.1) is 18.4 Å². The molecule has 15 heteroatoms. The highest BCUT2D eigenvalue weighted by Gasteiger charge is 2.41. The monoisotopic (exact) mass is 555 g/mol. The van der Waals surface area contributed by atoms with E-state index in [1.165, 1.54) is 18.3 Å². The van der Waals surface area contributed by atoms with Crippen LogP contribution in [0.2, 0.25) is 0 Å². The zero-order chi connectivity index (χ0) is 29.3. The fourth-order valence-corrected chi connectivity index (χ4v) is 4.12. The lowest BCUT2D eigenvalue weighted by atomic mass is 9.85. The molecule has 0 radical (unpaired) electrons. The van der Waals surface area contributed by atoms with Crippen molar-refractivity contribution in [2.75, 3.05) is 11.1 Å². The van der Waals surface area contributed by atoms with Crippen LogP contribution >= 0.6 is 0 Å². The number of hydrazine groups is 1. The average molecular weight is 556 g/mol. The Balaban J connectivity index is 1.64. The Hall–Kier alpha value is -4.63. The number of fused-ring (bicyclic) bond motifs is 1. The number of nitrogens with two attached hydrogens (primary N) is 2. The number of hydrogen-bond acceptors (Lipinski definition) is 11. The number of H-pyrrole nitrogens is 1. The minimum Gasteiger partial charge on any atom is -0.480 e. The number of aliphatic carboxylic acids is 2. The van der Waals surface area contributed by atoms with Gasteiger partial charge in [-0.1, -0.05) is 32.6 Å².